The molecule has 12 nitrogen and oxygen atoms in total. The molecule has 1 saturated heterocycles. The quantitative estimate of drug-likeness (QED) is 0.165. The zero-order valence-corrected chi connectivity index (χ0v) is 21.5. The van der Waals surface area contributed by atoms with E-state index in [0.29, 0.717) is 11.3 Å². The predicted molar refractivity (Wildman–Crippen MR) is 134 cm³/mol. The number of β-lactam (4-membered cyclic amide) rings is 1. The molecule has 4 aliphatic rings. The smallest absolute Gasteiger partial charge is 0.276 e. The molecule has 1 fully saturated rings. The van der Waals surface area contributed by atoms with Gasteiger partial charge in [0, 0.05) is 29.8 Å². The van der Waals surface area contributed by atoms with Crippen LogP contribution in [0.2, 0.25) is 0 Å². The van der Waals surface area contributed by atoms with Crippen LogP contribution in [-0.2, 0) is 25.8 Å². The Kier molecular flexibility index (Phi) is 6.60. The largest absolute Gasteiger partial charge is 0.543 e. The van der Waals surface area contributed by atoms with Gasteiger partial charge in [0.25, 0.3) is 11.8 Å². The molecule has 0 saturated carbocycles. The van der Waals surface area contributed by atoms with Gasteiger partial charge < -0.3 is 30.4 Å². The van der Waals surface area contributed by atoms with Crippen molar-refractivity contribution >= 4 is 51.7 Å². The van der Waals surface area contributed by atoms with E-state index in [1.165, 1.54) is 16.7 Å². The number of amides is 2. The van der Waals surface area contributed by atoms with Crippen LogP contribution in [0.5, 0.6) is 0 Å². The predicted octanol–water partition coefficient (Wildman–Crippen LogP) is -0.606. The molecule has 0 spiro atoms. The fourth-order valence-corrected chi connectivity index (χ4v) is 6.23. The Bertz CT molecular complexity index is 1430. The van der Waals surface area contributed by atoms with Crippen LogP contribution in [0.1, 0.15) is 18.3 Å². The molecule has 1 aromatic rings. The Morgan fingerprint density at radius 3 is 2.92 bits per heavy atom. The fraction of sp³-hybridized carbons (Fsp3) is 0.304. The highest BCUT2D eigenvalue weighted by Crippen LogP contribution is 2.40. The summed E-state index contributed by atoms with van der Waals surface area (Å²) in [4.78, 5) is 48.6. The summed E-state index contributed by atoms with van der Waals surface area (Å²) in [5, 5.41) is 19.9. The zero-order valence-electron chi connectivity index (χ0n) is 19.9. The van der Waals surface area contributed by atoms with E-state index < -0.39 is 29.2 Å². The SMILES string of the molecule is CCO/N=C(\C(=O)N[C@@H]1C(=O)N2C(C(=O)[O-])=C(Cn3cc[n+]4cccc-4c3C)CS[C@H]12)c1csc(N)n1. The van der Waals surface area contributed by atoms with Crippen LogP contribution < -0.4 is 20.7 Å². The van der Waals surface area contributed by atoms with Gasteiger partial charge in [-0.1, -0.05) is 5.16 Å². The number of nitrogens with zero attached hydrogens (tertiary/aromatic N) is 5. The third kappa shape index (κ3) is 4.42. The molecular weight excluding hydrogens is 518 g/mol. The molecule has 0 aliphatic carbocycles. The van der Waals surface area contributed by atoms with Crippen LogP contribution >= 0.6 is 23.1 Å². The van der Waals surface area contributed by atoms with Gasteiger partial charge >= 0.3 is 0 Å². The van der Waals surface area contributed by atoms with Crippen LogP contribution in [-0.4, -0.2) is 61.7 Å². The van der Waals surface area contributed by atoms with Gasteiger partial charge in [-0.05, 0) is 19.4 Å². The van der Waals surface area contributed by atoms with Gasteiger partial charge in [-0.3, -0.25) is 14.5 Å². The Hall–Kier alpha value is -3.91. The van der Waals surface area contributed by atoms with E-state index in [0.717, 1.165) is 22.7 Å². The lowest BCUT2D eigenvalue weighted by Gasteiger charge is -2.50. The first kappa shape index (κ1) is 24.8. The van der Waals surface area contributed by atoms with Gasteiger partial charge in [0.15, 0.2) is 23.2 Å². The average Bonchev–Trinajstić information content (AvgIpc) is 3.53. The second kappa shape index (κ2) is 9.86. The number of hydrogen-bond acceptors (Lipinski definition) is 10. The molecule has 2 amide bonds. The Balaban J connectivity index is 1.37. The zero-order chi connectivity index (χ0) is 26.3. The summed E-state index contributed by atoms with van der Waals surface area (Å²) in [6, 6.07) is 2.96. The third-order valence-corrected chi connectivity index (χ3v) is 8.15. The highest BCUT2D eigenvalue weighted by Gasteiger charge is 2.53. The maximum absolute atomic E-state index is 13.1. The van der Waals surface area contributed by atoms with Gasteiger partial charge in [-0.15, -0.1) is 23.1 Å². The molecule has 192 valence electrons. The van der Waals surface area contributed by atoms with E-state index in [1.54, 1.807) is 12.3 Å². The van der Waals surface area contributed by atoms with Crippen molar-refractivity contribution in [1.82, 2.24) is 19.8 Å². The number of rotatable bonds is 8. The molecule has 2 atom stereocenters. The number of aliphatic carboxylic acids is 1. The maximum Gasteiger partial charge on any atom is 0.276 e. The summed E-state index contributed by atoms with van der Waals surface area (Å²) < 4.78 is 3.91. The van der Waals surface area contributed by atoms with E-state index in [1.807, 2.05) is 46.8 Å². The number of fused-ring (bicyclic) bond motifs is 2. The number of nitrogens with one attached hydrogen (secondary N) is 1. The normalized spacial score (nSPS) is 19.6. The van der Waals surface area contributed by atoms with Crippen molar-refractivity contribution in [3.05, 3.63) is 58.8 Å². The number of carbonyl (C=O) groups is 3. The van der Waals surface area contributed by atoms with Crippen molar-refractivity contribution in [2.75, 3.05) is 18.1 Å². The molecule has 0 radical (unpaired) electrons. The lowest BCUT2D eigenvalue weighted by molar-refractivity contribution is -0.594. The van der Waals surface area contributed by atoms with Crippen molar-refractivity contribution in [3.63, 3.8) is 0 Å². The molecule has 3 N–H and O–H groups in total. The highest BCUT2D eigenvalue weighted by atomic mass is 32.2. The minimum absolute atomic E-state index is 0.120. The number of thioether (sulfide) groups is 1. The molecule has 0 unspecified atom stereocenters. The number of nitrogens with two attached hydrogens (primary N) is 1. The second-order valence-electron chi connectivity index (χ2n) is 8.34. The molecule has 5 heterocycles. The van der Waals surface area contributed by atoms with E-state index >= 15 is 0 Å². The van der Waals surface area contributed by atoms with E-state index in [9.17, 15) is 19.5 Å². The second-order valence-corrected chi connectivity index (χ2v) is 10.3. The van der Waals surface area contributed by atoms with Crippen LogP contribution in [0.25, 0.3) is 5.69 Å². The molecule has 5 rings (SSSR count). The first-order valence-corrected chi connectivity index (χ1v) is 13.3. The first-order valence-electron chi connectivity index (χ1n) is 11.4. The summed E-state index contributed by atoms with van der Waals surface area (Å²) in [6.07, 6.45) is 5.68. The lowest BCUT2D eigenvalue weighted by Crippen LogP contribution is -2.71. The molecule has 37 heavy (non-hydrogen) atoms. The van der Waals surface area contributed by atoms with Crippen LogP contribution in [0.3, 0.4) is 0 Å². The Morgan fingerprint density at radius 2 is 2.22 bits per heavy atom. The maximum atomic E-state index is 13.1. The number of thiazole rings is 1. The summed E-state index contributed by atoms with van der Waals surface area (Å²) in [5.41, 5.74) is 8.13. The van der Waals surface area contributed by atoms with Crippen LogP contribution in [0.15, 0.2) is 52.5 Å². The monoisotopic (exact) mass is 541 g/mol. The van der Waals surface area contributed by atoms with Gasteiger partial charge in [-0.25, -0.2) is 4.98 Å². The minimum atomic E-state index is -1.43. The Labute approximate surface area is 219 Å². The summed E-state index contributed by atoms with van der Waals surface area (Å²) in [6.45, 7) is 4.17. The van der Waals surface area contributed by atoms with E-state index in [-0.39, 0.29) is 35.4 Å². The van der Waals surface area contributed by atoms with Gasteiger partial charge in [0.1, 0.15) is 23.7 Å². The molecule has 0 aromatic carbocycles. The number of anilines is 1. The number of nitrogen functional groups attached to an aromatic ring is 1. The van der Waals surface area contributed by atoms with E-state index in [2.05, 4.69) is 15.5 Å². The molecular formula is C23H23N7O5S2. The van der Waals surface area contributed by atoms with Gasteiger partial charge in [0.05, 0.1) is 23.6 Å². The Morgan fingerprint density at radius 1 is 1.41 bits per heavy atom. The summed E-state index contributed by atoms with van der Waals surface area (Å²) in [7, 11) is 0. The number of carbonyl (C=O) groups excluding carboxylic acids is 3. The summed E-state index contributed by atoms with van der Waals surface area (Å²) in [5.74, 6) is -2.30. The van der Waals surface area contributed by atoms with E-state index in [4.69, 9.17) is 10.6 Å². The lowest BCUT2D eigenvalue weighted by atomic mass is 10.0. The van der Waals surface area contributed by atoms with Crippen LogP contribution in [0, 0.1) is 6.92 Å². The third-order valence-electron chi connectivity index (χ3n) is 6.14. The molecule has 14 heteroatoms. The average molecular weight is 542 g/mol. The number of aromatic nitrogens is 3. The summed E-state index contributed by atoms with van der Waals surface area (Å²) >= 11 is 2.51. The first-order chi connectivity index (χ1) is 17.8. The van der Waals surface area contributed by atoms with Gasteiger partial charge in [-0.2, -0.15) is 4.57 Å². The highest BCUT2D eigenvalue weighted by molar-refractivity contribution is 8.00. The number of oxime groups is 1. The van der Waals surface area contributed by atoms with Crippen molar-refractivity contribution in [1.29, 1.82) is 0 Å². The molecule has 0 bridgehead atoms. The van der Waals surface area contributed by atoms with Crippen molar-refractivity contribution in [2.45, 2.75) is 31.8 Å². The fourth-order valence-electron chi connectivity index (χ4n) is 4.35. The van der Waals surface area contributed by atoms with Crippen molar-refractivity contribution in [3.8, 4) is 5.69 Å². The number of carboxylic acids is 1. The van der Waals surface area contributed by atoms with Gasteiger partial charge in [0.2, 0.25) is 5.69 Å². The molecule has 4 aliphatic heterocycles. The van der Waals surface area contributed by atoms with Crippen molar-refractivity contribution < 1.29 is 28.9 Å². The number of hydrogen-bond donors (Lipinski definition) is 2. The molecule has 1 aromatic heterocycles. The topological polar surface area (TPSA) is 159 Å². The van der Waals surface area contributed by atoms with Crippen LogP contribution in [0.4, 0.5) is 5.13 Å². The number of carboxylic acid groups (broad SMARTS) is 1. The van der Waals surface area contributed by atoms with Crippen molar-refractivity contribution in [2.24, 2.45) is 5.16 Å². The minimum Gasteiger partial charge on any atom is -0.543 e. The standard InChI is InChI=1S/C23H23N7O5S2/c1-3-35-27-16(14-11-37-23(24)25-14)19(31)26-17-20(32)30-18(22(33)34)13(10-36-21(17)30)9-29-8-7-28-6-4-5-15(28)12(29)2/h4-8,11,17,21H,3,9-10H2,1-2H3,(H3-,24,25,26,31,33,34)/b27-16-/t17-,21-/m1/s1.